The van der Waals surface area contributed by atoms with Gasteiger partial charge >= 0.3 is 0 Å². The Hall–Kier alpha value is -4.01. The summed E-state index contributed by atoms with van der Waals surface area (Å²) in [4.78, 5) is 54.6. The van der Waals surface area contributed by atoms with Gasteiger partial charge in [0.15, 0.2) is 9.75 Å². The standard InChI is InChI=1S/C35H29Cl2FN2O5/c1-3-19-7-11-21(12-8-19)39-30(42)24-16-15-23-26(27(24)31(39)43)17-34(36)32(44)40(22-13-9-20(38)10-14-22)33(45)35(34,37)28(23)25-6-4-5-18(2)29(25)41/h4-15,24,26-28,41H,3,16-17H2,1-2H3/t24-,26+,27-,28+,34+,35-/m0/s1. The van der Waals surface area contributed by atoms with Gasteiger partial charge in [0.25, 0.3) is 11.8 Å². The number of anilines is 2. The molecule has 7 rings (SSSR count). The zero-order valence-electron chi connectivity index (χ0n) is 24.5. The molecule has 2 aliphatic carbocycles. The lowest BCUT2D eigenvalue weighted by molar-refractivity contribution is -0.125. The number of phenols is 1. The second-order valence-corrected chi connectivity index (χ2v) is 13.5. The fourth-order valence-corrected chi connectivity index (χ4v) is 8.72. The van der Waals surface area contributed by atoms with E-state index in [0.717, 1.165) is 29.0 Å². The summed E-state index contributed by atoms with van der Waals surface area (Å²) in [5, 5.41) is 11.3. The fraction of sp³-hybridized carbons (Fsp3) is 0.314. The number of amides is 4. The van der Waals surface area contributed by atoms with Crippen LogP contribution >= 0.6 is 23.2 Å². The van der Waals surface area contributed by atoms with Gasteiger partial charge in [-0.15, -0.1) is 23.2 Å². The molecule has 6 atom stereocenters. The molecule has 45 heavy (non-hydrogen) atoms. The topological polar surface area (TPSA) is 95.0 Å². The number of halogens is 3. The van der Waals surface area contributed by atoms with Crippen LogP contribution in [0.3, 0.4) is 0 Å². The number of aromatic hydroxyl groups is 1. The average Bonchev–Trinajstić information content (AvgIpc) is 3.37. The Bertz CT molecular complexity index is 1830. The number of fused-ring (bicyclic) bond motifs is 4. The predicted molar refractivity (Wildman–Crippen MR) is 168 cm³/mol. The number of para-hydroxylation sites is 1. The minimum absolute atomic E-state index is 0.0942. The Morgan fingerprint density at radius 3 is 2.18 bits per heavy atom. The predicted octanol–water partition coefficient (Wildman–Crippen LogP) is 6.17. The summed E-state index contributed by atoms with van der Waals surface area (Å²) in [5.74, 6) is -6.45. The van der Waals surface area contributed by atoms with E-state index in [2.05, 4.69) is 0 Å². The maximum absolute atomic E-state index is 14.4. The van der Waals surface area contributed by atoms with Crippen LogP contribution in [0.25, 0.3) is 0 Å². The molecule has 230 valence electrons. The molecule has 1 saturated carbocycles. The summed E-state index contributed by atoms with van der Waals surface area (Å²) >= 11 is 14.7. The lowest BCUT2D eigenvalue weighted by atomic mass is 9.56. The first-order valence-electron chi connectivity index (χ1n) is 14.9. The number of aryl methyl sites for hydroxylation is 2. The highest BCUT2D eigenvalue weighted by Crippen LogP contribution is 2.66. The summed E-state index contributed by atoms with van der Waals surface area (Å²) in [6.07, 6.45) is 2.64. The summed E-state index contributed by atoms with van der Waals surface area (Å²) in [6, 6.07) is 17.1. The van der Waals surface area contributed by atoms with Gasteiger partial charge in [0.05, 0.1) is 23.2 Å². The van der Waals surface area contributed by atoms with E-state index in [1.165, 1.54) is 17.0 Å². The van der Waals surface area contributed by atoms with Gasteiger partial charge in [0, 0.05) is 11.5 Å². The minimum Gasteiger partial charge on any atom is -0.507 e. The number of nitrogens with zero attached hydrogens (tertiary/aromatic N) is 2. The normalized spacial score (nSPS) is 30.7. The van der Waals surface area contributed by atoms with Gasteiger partial charge in [0.1, 0.15) is 11.6 Å². The van der Waals surface area contributed by atoms with E-state index in [0.29, 0.717) is 16.8 Å². The molecule has 2 aliphatic heterocycles. The highest BCUT2D eigenvalue weighted by molar-refractivity contribution is 6.58. The summed E-state index contributed by atoms with van der Waals surface area (Å²) in [7, 11) is 0. The zero-order chi connectivity index (χ0) is 32.0. The molecule has 7 nitrogen and oxygen atoms in total. The van der Waals surface area contributed by atoms with Crippen molar-refractivity contribution >= 4 is 58.2 Å². The molecule has 2 saturated heterocycles. The third-order valence-electron chi connectivity index (χ3n) is 10.1. The van der Waals surface area contributed by atoms with Gasteiger partial charge in [0.2, 0.25) is 11.8 Å². The molecule has 10 heteroatoms. The second kappa shape index (κ2) is 10.3. The van der Waals surface area contributed by atoms with Crippen molar-refractivity contribution in [3.63, 3.8) is 0 Å². The molecule has 4 amide bonds. The summed E-state index contributed by atoms with van der Waals surface area (Å²) in [5.41, 5.74) is 3.00. The molecule has 0 spiro atoms. The zero-order valence-corrected chi connectivity index (χ0v) is 26.0. The minimum atomic E-state index is -2.11. The Labute approximate surface area is 269 Å². The van der Waals surface area contributed by atoms with E-state index < -0.39 is 57.0 Å². The molecule has 3 aromatic carbocycles. The Morgan fingerprint density at radius 1 is 0.867 bits per heavy atom. The average molecular weight is 648 g/mol. The molecule has 1 N–H and O–H groups in total. The van der Waals surface area contributed by atoms with Crippen LogP contribution in [0.15, 0.2) is 78.4 Å². The van der Waals surface area contributed by atoms with E-state index in [1.54, 1.807) is 37.3 Å². The lowest BCUT2D eigenvalue weighted by Gasteiger charge is -2.50. The van der Waals surface area contributed by atoms with Gasteiger partial charge in [-0.3, -0.25) is 24.1 Å². The molecule has 0 unspecified atom stereocenters. The van der Waals surface area contributed by atoms with Gasteiger partial charge < -0.3 is 5.11 Å². The molecule has 0 aromatic heterocycles. The molecule has 0 radical (unpaired) electrons. The maximum Gasteiger partial charge on any atom is 0.258 e. The summed E-state index contributed by atoms with van der Waals surface area (Å²) < 4.78 is 13.8. The molecule has 0 bridgehead atoms. The number of carbonyl (C=O) groups excluding carboxylic acids is 4. The van der Waals surface area contributed by atoms with Gasteiger partial charge in [-0.2, -0.15) is 0 Å². The van der Waals surface area contributed by atoms with Crippen molar-refractivity contribution in [1.29, 1.82) is 0 Å². The third kappa shape index (κ3) is 3.94. The number of hydrogen-bond acceptors (Lipinski definition) is 5. The number of allylic oxidation sites excluding steroid dienone is 2. The van der Waals surface area contributed by atoms with Gasteiger partial charge in [-0.1, -0.05) is 48.9 Å². The largest absolute Gasteiger partial charge is 0.507 e. The van der Waals surface area contributed by atoms with E-state index in [9.17, 15) is 28.7 Å². The van der Waals surface area contributed by atoms with Crippen molar-refractivity contribution in [2.24, 2.45) is 17.8 Å². The molecule has 2 heterocycles. The van der Waals surface area contributed by atoms with Crippen molar-refractivity contribution < 1.29 is 28.7 Å². The lowest BCUT2D eigenvalue weighted by Crippen LogP contribution is -2.60. The van der Waals surface area contributed by atoms with Crippen LogP contribution in [-0.2, 0) is 25.6 Å². The van der Waals surface area contributed by atoms with Crippen LogP contribution < -0.4 is 9.80 Å². The number of imide groups is 2. The van der Waals surface area contributed by atoms with Crippen molar-refractivity contribution in [3.8, 4) is 5.75 Å². The number of hydrogen-bond donors (Lipinski definition) is 1. The number of alkyl halides is 2. The molecular formula is C35H29Cl2FN2O5. The summed E-state index contributed by atoms with van der Waals surface area (Å²) in [6.45, 7) is 3.71. The SMILES string of the molecule is CCc1ccc(N2C(=O)[C@H]3[C@H](CC=C4[C@H]3C[C@@]3(Cl)C(=O)N(c5ccc(F)cc5)C(=O)[C@@]3(Cl)[C@H]4c3cccc(C)c3O)C2=O)cc1. The number of phenolic OH excluding ortho intramolecular Hbond substituents is 1. The van der Waals surface area contributed by atoms with Crippen LogP contribution in [0.2, 0.25) is 0 Å². The van der Waals surface area contributed by atoms with Crippen LogP contribution in [0, 0.1) is 30.5 Å². The van der Waals surface area contributed by atoms with Crippen LogP contribution in [0.1, 0.15) is 42.4 Å². The van der Waals surface area contributed by atoms with E-state index in [-0.39, 0.29) is 35.7 Å². The highest BCUT2D eigenvalue weighted by Gasteiger charge is 2.77. The highest BCUT2D eigenvalue weighted by atomic mass is 35.5. The molecule has 3 fully saturated rings. The molecular weight excluding hydrogens is 618 g/mol. The first kappa shape index (κ1) is 29.7. The third-order valence-corrected chi connectivity index (χ3v) is 11.5. The monoisotopic (exact) mass is 646 g/mol. The van der Waals surface area contributed by atoms with Crippen molar-refractivity contribution in [2.45, 2.75) is 48.8 Å². The number of rotatable bonds is 4. The van der Waals surface area contributed by atoms with Gasteiger partial charge in [-0.05, 0) is 79.6 Å². The second-order valence-electron chi connectivity index (χ2n) is 12.3. The Balaban J connectivity index is 1.39. The van der Waals surface area contributed by atoms with Crippen molar-refractivity contribution in [3.05, 3.63) is 101 Å². The number of carbonyl (C=O) groups is 4. The quantitative estimate of drug-likeness (QED) is 0.208. The van der Waals surface area contributed by atoms with Crippen LogP contribution in [0.5, 0.6) is 5.75 Å². The van der Waals surface area contributed by atoms with Crippen molar-refractivity contribution in [1.82, 2.24) is 0 Å². The van der Waals surface area contributed by atoms with E-state index >= 15 is 0 Å². The van der Waals surface area contributed by atoms with Gasteiger partial charge in [-0.25, -0.2) is 9.29 Å². The van der Waals surface area contributed by atoms with Crippen LogP contribution in [-0.4, -0.2) is 38.5 Å². The molecule has 3 aromatic rings. The first-order chi connectivity index (χ1) is 21.4. The van der Waals surface area contributed by atoms with Crippen LogP contribution in [0.4, 0.5) is 15.8 Å². The van der Waals surface area contributed by atoms with Crippen molar-refractivity contribution in [2.75, 3.05) is 9.80 Å². The van der Waals surface area contributed by atoms with E-state index in [4.69, 9.17) is 23.2 Å². The smallest absolute Gasteiger partial charge is 0.258 e. The molecule has 4 aliphatic rings. The van der Waals surface area contributed by atoms with E-state index in [1.807, 2.05) is 25.1 Å². The number of benzene rings is 3. The Kier molecular flexibility index (Phi) is 6.77. The Morgan fingerprint density at radius 2 is 1.51 bits per heavy atom. The fourth-order valence-electron chi connectivity index (χ4n) is 7.79. The maximum atomic E-state index is 14.4. The first-order valence-corrected chi connectivity index (χ1v) is 15.7.